The van der Waals surface area contributed by atoms with Gasteiger partial charge in [0.15, 0.2) is 0 Å². The molecule has 0 N–H and O–H groups in total. The monoisotopic (exact) mass is 534 g/mol. The molecule has 0 aliphatic rings. The maximum Gasteiger partial charge on any atom is 0.312 e. The largest absolute Gasteiger partial charge is 0.482 e. The summed E-state index contributed by atoms with van der Waals surface area (Å²) >= 11 is 6.62. The van der Waals surface area contributed by atoms with E-state index in [9.17, 15) is 14.9 Å². The maximum absolute atomic E-state index is 13.0. The van der Waals surface area contributed by atoms with Crippen molar-refractivity contribution in [3.05, 3.63) is 83.8 Å². The van der Waals surface area contributed by atoms with Gasteiger partial charge in [-0.05, 0) is 24.3 Å². The van der Waals surface area contributed by atoms with E-state index in [2.05, 4.69) is 48.5 Å². The van der Waals surface area contributed by atoms with Gasteiger partial charge in [-0.3, -0.25) is 14.9 Å². The Kier molecular flexibility index (Phi) is 6.78. The molecule has 0 unspecified atom stereocenters. The molecule has 0 radical (unpaired) electrons. The number of ether oxygens (including phenoxy) is 1. The molecule has 0 amide bonds. The SMILES string of the molecule is C=CCOc1c(C=Nn2c(CC)nc3ccc(Br)cc3c2=O)cc(Br)cc1[N+](=O)[O-]. The van der Waals surface area contributed by atoms with E-state index < -0.39 is 4.92 Å². The van der Waals surface area contributed by atoms with E-state index >= 15 is 0 Å². The molecular formula is C20H16Br2N4O4. The van der Waals surface area contributed by atoms with Crippen LogP contribution in [0.25, 0.3) is 10.9 Å². The Morgan fingerprint density at radius 1 is 1.30 bits per heavy atom. The van der Waals surface area contributed by atoms with Gasteiger partial charge >= 0.3 is 5.69 Å². The molecule has 2 aromatic carbocycles. The average molecular weight is 536 g/mol. The van der Waals surface area contributed by atoms with E-state index in [0.717, 1.165) is 4.47 Å². The number of benzene rings is 2. The number of nitrogens with zero attached hydrogens (tertiary/aromatic N) is 4. The fraction of sp³-hybridized carbons (Fsp3) is 0.150. The highest BCUT2D eigenvalue weighted by Gasteiger charge is 2.20. The Morgan fingerprint density at radius 2 is 2.07 bits per heavy atom. The first kappa shape index (κ1) is 21.8. The first-order valence-corrected chi connectivity index (χ1v) is 10.4. The van der Waals surface area contributed by atoms with Gasteiger partial charge < -0.3 is 4.74 Å². The summed E-state index contributed by atoms with van der Waals surface area (Å²) < 4.78 is 7.93. The van der Waals surface area contributed by atoms with Gasteiger partial charge in [0, 0.05) is 27.0 Å². The van der Waals surface area contributed by atoms with Crippen LogP contribution in [0.2, 0.25) is 0 Å². The van der Waals surface area contributed by atoms with E-state index in [1.807, 2.05) is 13.0 Å². The van der Waals surface area contributed by atoms with E-state index in [-0.39, 0.29) is 23.6 Å². The van der Waals surface area contributed by atoms with Gasteiger partial charge in [0.25, 0.3) is 5.56 Å². The van der Waals surface area contributed by atoms with Crippen LogP contribution in [0, 0.1) is 10.1 Å². The summed E-state index contributed by atoms with van der Waals surface area (Å²) in [6.07, 6.45) is 3.30. The highest BCUT2D eigenvalue weighted by molar-refractivity contribution is 9.10. The number of hydrogen-bond acceptors (Lipinski definition) is 6. The van der Waals surface area contributed by atoms with Crippen LogP contribution < -0.4 is 10.3 Å². The molecule has 1 aromatic heterocycles. The fourth-order valence-electron chi connectivity index (χ4n) is 2.79. The second-order valence-electron chi connectivity index (χ2n) is 6.10. The summed E-state index contributed by atoms with van der Waals surface area (Å²) in [4.78, 5) is 28.4. The lowest BCUT2D eigenvalue weighted by molar-refractivity contribution is -0.385. The van der Waals surface area contributed by atoms with Crippen molar-refractivity contribution >= 4 is 54.7 Å². The van der Waals surface area contributed by atoms with Gasteiger partial charge in [0.1, 0.15) is 12.4 Å². The Morgan fingerprint density at radius 3 is 2.73 bits per heavy atom. The third kappa shape index (κ3) is 4.49. The summed E-state index contributed by atoms with van der Waals surface area (Å²) in [5.41, 5.74) is 0.338. The molecule has 0 saturated heterocycles. The van der Waals surface area contributed by atoms with Crippen LogP contribution in [-0.4, -0.2) is 27.4 Å². The van der Waals surface area contributed by atoms with Crippen LogP contribution >= 0.6 is 31.9 Å². The van der Waals surface area contributed by atoms with Gasteiger partial charge in [0.05, 0.1) is 22.0 Å². The van der Waals surface area contributed by atoms with Crippen LogP contribution in [0.3, 0.4) is 0 Å². The molecule has 0 atom stereocenters. The smallest absolute Gasteiger partial charge is 0.312 e. The lowest BCUT2D eigenvalue weighted by Crippen LogP contribution is -2.22. The van der Waals surface area contributed by atoms with Crippen molar-refractivity contribution in [3.8, 4) is 5.75 Å². The predicted octanol–water partition coefficient (Wildman–Crippen LogP) is 4.84. The minimum Gasteiger partial charge on any atom is -0.482 e. The number of aromatic nitrogens is 2. The lowest BCUT2D eigenvalue weighted by atomic mass is 10.2. The highest BCUT2D eigenvalue weighted by atomic mass is 79.9. The van der Waals surface area contributed by atoms with Crippen molar-refractivity contribution in [2.75, 3.05) is 6.61 Å². The molecule has 30 heavy (non-hydrogen) atoms. The van der Waals surface area contributed by atoms with E-state index in [0.29, 0.717) is 33.2 Å². The minimum atomic E-state index is -0.542. The molecule has 8 nitrogen and oxygen atoms in total. The average Bonchev–Trinajstić information content (AvgIpc) is 2.72. The minimum absolute atomic E-state index is 0.0365. The molecule has 0 aliphatic heterocycles. The van der Waals surface area contributed by atoms with Crippen molar-refractivity contribution in [1.82, 2.24) is 9.66 Å². The Hall–Kier alpha value is -2.85. The van der Waals surface area contributed by atoms with Crippen LogP contribution in [0.1, 0.15) is 18.3 Å². The van der Waals surface area contributed by atoms with Gasteiger partial charge in [-0.2, -0.15) is 9.78 Å². The predicted molar refractivity (Wildman–Crippen MR) is 123 cm³/mol. The second kappa shape index (κ2) is 9.31. The number of halogens is 2. The molecule has 0 aliphatic carbocycles. The van der Waals surface area contributed by atoms with Crippen LogP contribution in [0.4, 0.5) is 5.69 Å². The topological polar surface area (TPSA) is 99.6 Å². The quantitative estimate of drug-likeness (QED) is 0.186. The van der Waals surface area contributed by atoms with Crippen LogP contribution in [-0.2, 0) is 6.42 Å². The summed E-state index contributed by atoms with van der Waals surface area (Å²) in [6.45, 7) is 5.51. The first-order valence-electron chi connectivity index (χ1n) is 8.82. The number of fused-ring (bicyclic) bond motifs is 1. The van der Waals surface area contributed by atoms with Gasteiger partial charge in [-0.15, -0.1) is 0 Å². The van der Waals surface area contributed by atoms with Gasteiger partial charge in [0.2, 0.25) is 5.75 Å². The normalized spacial score (nSPS) is 11.2. The van der Waals surface area contributed by atoms with Crippen molar-refractivity contribution < 1.29 is 9.66 Å². The van der Waals surface area contributed by atoms with Crippen molar-refractivity contribution in [1.29, 1.82) is 0 Å². The van der Waals surface area contributed by atoms with Gasteiger partial charge in [-0.25, -0.2) is 4.98 Å². The molecule has 154 valence electrons. The van der Waals surface area contributed by atoms with Crippen molar-refractivity contribution in [2.24, 2.45) is 5.10 Å². The third-order valence-corrected chi connectivity index (χ3v) is 5.06. The molecule has 10 heteroatoms. The zero-order valence-corrected chi connectivity index (χ0v) is 19.0. The van der Waals surface area contributed by atoms with Gasteiger partial charge in [-0.1, -0.05) is 51.4 Å². The summed E-state index contributed by atoms with van der Waals surface area (Å²) in [5, 5.41) is 16.2. The fourth-order valence-corrected chi connectivity index (χ4v) is 3.62. The molecular weight excluding hydrogens is 520 g/mol. The van der Waals surface area contributed by atoms with E-state index in [1.54, 1.807) is 18.2 Å². The summed E-state index contributed by atoms with van der Waals surface area (Å²) in [5.74, 6) is 0.499. The number of nitro benzene ring substituents is 1. The number of rotatable bonds is 7. The molecule has 0 fully saturated rings. The van der Waals surface area contributed by atoms with Crippen molar-refractivity contribution in [2.45, 2.75) is 13.3 Å². The molecule has 0 bridgehead atoms. The molecule has 0 saturated carbocycles. The summed E-state index contributed by atoms with van der Waals surface area (Å²) in [7, 11) is 0. The van der Waals surface area contributed by atoms with E-state index in [4.69, 9.17) is 4.74 Å². The zero-order chi connectivity index (χ0) is 21.8. The highest BCUT2D eigenvalue weighted by Crippen LogP contribution is 2.34. The van der Waals surface area contributed by atoms with E-state index in [1.165, 1.54) is 23.0 Å². The Labute approximate surface area is 188 Å². The second-order valence-corrected chi connectivity index (χ2v) is 7.94. The first-order chi connectivity index (χ1) is 14.3. The molecule has 3 rings (SSSR count). The Bertz CT molecular complexity index is 1240. The maximum atomic E-state index is 13.0. The number of aryl methyl sites for hydroxylation is 1. The molecule has 0 spiro atoms. The molecule has 1 heterocycles. The van der Waals surface area contributed by atoms with Crippen LogP contribution in [0.5, 0.6) is 5.75 Å². The van der Waals surface area contributed by atoms with Crippen LogP contribution in [0.15, 0.2) is 61.8 Å². The third-order valence-electron chi connectivity index (χ3n) is 4.11. The van der Waals surface area contributed by atoms with Crippen molar-refractivity contribution in [3.63, 3.8) is 0 Å². The Balaban J connectivity index is 2.19. The lowest BCUT2D eigenvalue weighted by Gasteiger charge is -2.10. The number of nitro groups is 1. The number of hydrogen-bond donors (Lipinski definition) is 0. The summed E-state index contributed by atoms with van der Waals surface area (Å²) in [6, 6.07) is 8.21. The molecule has 3 aromatic rings. The zero-order valence-electron chi connectivity index (χ0n) is 15.8. The standard InChI is InChI=1S/C20H16Br2N4O4/c1-3-7-30-19-12(8-14(22)10-17(19)26(28)29)11-23-25-18(4-2)24-16-6-5-13(21)9-15(16)20(25)27/h3,5-6,8-11H,1,4,7H2,2H3.